The summed E-state index contributed by atoms with van der Waals surface area (Å²) in [5.74, 6) is 0.479. The number of aryl methyl sites for hydroxylation is 1. The minimum Gasteiger partial charge on any atom is -0.379 e. The van der Waals surface area contributed by atoms with Gasteiger partial charge in [0, 0.05) is 44.2 Å². The molecule has 5 nitrogen and oxygen atoms in total. The number of urea groups is 1. The quantitative estimate of drug-likeness (QED) is 0.908. The van der Waals surface area contributed by atoms with Gasteiger partial charge in [0.05, 0.1) is 6.10 Å². The first-order valence-electron chi connectivity index (χ1n) is 9.15. The zero-order valence-electron chi connectivity index (χ0n) is 15.7. The van der Waals surface area contributed by atoms with Crippen LogP contribution in [0.3, 0.4) is 0 Å². The van der Waals surface area contributed by atoms with Crippen molar-refractivity contribution in [2.24, 2.45) is 5.92 Å². The smallest absolute Gasteiger partial charge is 0.321 e. The number of nitrogens with one attached hydrogen (secondary N) is 1. The molecule has 138 valence electrons. The summed E-state index contributed by atoms with van der Waals surface area (Å²) in [7, 11) is 1.72. The molecule has 1 aromatic carbocycles. The fourth-order valence-corrected chi connectivity index (χ4v) is 3.34. The second-order valence-electron chi connectivity index (χ2n) is 7.06. The number of hydrogen-bond donors (Lipinski definition) is 1. The van der Waals surface area contributed by atoms with Gasteiger partial charge in [0.1, 0.15) is 0 Å². The fraction of sp³-hybridized carbons (Fsp3) is 0.429. The van der Waals surface area contributed by atoms with Crippen molar-refractivity contribution in [3.8, 4) is 0 Å². The van der Waals surface area contributed by atoms with E-state index in [0.29, 0.717) is 12.5 Å². The summed E-state index contributed by atoms with van der Waals surface area (Å²) in [4.78, 5) is 18.9. The molecule has 1 aromatic heterocycles. The van der Waals surface area contributed by atoms with E-state index in [2.05, 4.69) is 23.3 Å². The molecule has 0 radical (unpaired) electrons. The van der Waals surface area contributed by atoms with Crippen LogP contribution in [0.25, 0.3) is 0 Å². The van der Waals surface area contributed by atoms with Crippen molar-refractivity contribution in [2.45, 2.75) is 32.8 Å². The molecule has 0 bridgehead atoms. The maximum atomic E-state index is 12.7. The van der Waals surface area contributed by atoms with Gasteiger partial charge < -0.3 is 15.0 Å². The van der Waals surface area contributed by atoms with Crippen molar-refractivity contribution in [1.82, 2.24) is 9.88 Å². The van der Waals surface area contributed by atoms with E-state index in [1.165, 1.54) is 0 Å². The van der Waals surface area contributed by atoms with Crippen LogP contribution in [0.2, 0.25) is 0 Å². The van der Waals surface area contributed by atoms with Crippen LogP contribution in [0.4, 0.5) is 10.5 Å². The first-order chi connectivity index (χ1) is 12.6. The third kappa shape index (κ3) is 4.41. The Balaban J connectivity index is 1.69. The normalized spacial score (nSPS) is 20.0. The van der Waals surface area contributed by atoms with E-state index >= 15 is 0 Å². The summed E-state index contributed by atoms with van der Waals surface area (Å²) in [5, 5.41) is 3.08. The molecular formula is C21H27N3O2. The lowest BCUT2D eigenvalue weighted by molar-refractivity contribution is 0.00895. The number of carbonyl (C=O) groups excluding carboxylic acids is 1. The Kier molecular flexibility index (Phi) is 5.89. The number of pyridine rings is 1. The van der Waals surface area contributed by atoms with E-state index < -0.39 is 0 Å². The second-order valence-corrected chi connectivity index (χ2v) is 7.06. The van der Waals surface area contributed by atoms with Crippen molar-refractivity contribution in [3.63, 3.8) is 0 Å². The van der Waals surface area contributed by atoms with Crippen molar-refractivity contribution >= 4 is 11.7 Å². The lowest BCUT2D eigenvalue weighted by atomic mass is 9.96. The molecule has 2 amide bonds. The number of nitrogens with zero attached hydrogens (tertiary/aromatic N) is 2. The number of rotatable bonds is 4. The van der Waals surface area contributed by atoms with Crippen LogP contribution < -0.4 is 5.32 Å². The van der Waals surface area contributed by atoms with Crippen LogP contribution in [0, 0.1) is 12.8 Å². The summed E-state index contributed by atoms with van der Waals surface area (Å²) < 4.78 is 5.51. The van der Waals surface area contributed by atoms with Gasteiger partial charge in [-0.2, -0.15) is 0 Å². The van der Waals surface area contributed by atoms with Gasteiger partial charge in [0.2, 0.25) is 0 Å². The summed E-state index contributed by atoms with van der Waals surface area (Å²) in [6.07, 6.45) is 3.61. The highest BCUT2D eigenvalue weighted by Crippen LogP contribution is 2.22. The van der Waals surface area contributed by atoms with Gasteiger partial charge in [-0.15, -0.1) is 0 Å². The molecule has 1 aliphatic rings. The van der Waals surface area contributed by atoms with Crippen LogP contribution in [0.5, 0.6) is 0 Å². The minimum absolute atomic E-state index is 0.0583. The van der Waals surface area contributed by atoms with Crippen molar-refractivity contribution < 1.29 is 9.53 Å². The lowest BCUT2D eigenvalue weighted by Crippen LogP contribution is -2.48. The number of ether oxygens (including phenoxy) is 1. The van der Waals surface area contributed by atoms with E-state index in [9.17, 15) is 4.79 Å². The van der Waals surface area contributed by atoms with Gasteiger partial charge in [-0.25, -0.2) is 4.79 Å². The highest BCUT2D eigenvalue weighted by Gasteiger charge is 2.28. The molecule has 2 aromatic rings. The van der Waals surface area contributed by atoms with E-state index in [1.807, 2.05) is 42.2 Å². The number of hydrogen-bond acceptors (Lipinski definition) is 3. The number of aromatic nitrogens is 1. The van der Waals surface area contributed by atoms with Crippen LogP contribution >= 0.6 is 0 Å². The molecule has 5 heteroatoms. The van der Waals surface area contributed by atoms with Crippen molar-refractivity contribution in [2.75, 3.05) is 25.5 Å². The van der Waals surface area contributed by atoms with Gasteiger partial charge in [-0.1, -0.05) is 25.1 Å². The van der Waals surface area contributed by atoms with Crippen molar-refractivity contribution in [3.05, 3.63) is 59.4 Å². The summed E-state index contributed by atoms with van der Waals surface area (Å²) in [5.41, 5.74) is 4.06. The molecular weight excluding hydrogens is 326 g/mol. The summed E-state index contributed by atoms with van der Waals surface area (Å²) >= 11 is 0. The Morgan fingerprint density at radius 2 is 2.19 bits per heavy atom. The number of anilines is 1. The second kappa shape index (κ2) is 8.32. The van der Waals surface area contributed by atoms with E-state index in [0.717, 1.165) is 41.9 Å². The largest absolute Gasteiger partial charge is 0.379 e. The van der Waals surface area contributed by atoms with E-state index in [4.69, 9.17) is 4.74 Å². The average Bonchev–Trinajstić information content (AvgIpc) is 2.65. The Morgan fingerprint density at radius 1 is 1.35 bits per heavy atom. The lowest BCUT2D eigenvalue weighted by Gasteiger charge is -2.36. The minimum atomic E-state index is -0.0583. The fourth-order valence-electron chi connectivity index (χ4n) is 3.34. The number of methoxy groups -OCH3 is 1. The van der Waals surface area contributed by atoms with Gasteiger partial charge in [-0.05, 0) is 48.6 Å². The molecule has 1 saturated heterocycles. The van der Waals surface area contributed by atoms with Crippen molar-refractivity contribution in [1.29, 1.82) is 0 Å². The molecule has 1 fully saturated rings. The molecule has 0 saturated carbocycles. The first kappa shape index (κ1) is 18.4. The van der Waals surface area contributed by atoms with Gasteiger partial charge >= 0.3 is 6.03 Å². The maximum absolute atomic E-state index is 12.7. The van der Waals surface area contributed by atoms with Crippen LogP contribution in [-0.2, 0) is 11.2 Å². The molecule has 0 spiro atoms. The zero-order valence-corrected chi connectivity index (χ0v) is 15.7. The Hall–Kier alpha value is -2.40. The topological polar surface area (TPSA) is 54.5 Å². The van der Waals surface area contributed by atoms with Gasteiger partial charge in [0.25, 0.3) is 0 Å². The SMILES string of the molecule is CO[C@@H]1CN(C(=O)Nc2cc(Cc3ccccn3)ccc2C)CC[C@H]1C. The monoisotopic (exact) mass is 353 g/mol. The maximum Gasteiger partial charge on any atom is 0.321 e. The molecule has 3 rings (SSSR count). The number of piperidine rings is 1. The molecule has 1 aliphatic heterocycles. The van der Waals surface area contributed by atoms with Gasteiger partial charge in [0.15, 0.2) is 0 Å². The molecule has 1 N–H and O–H groups in total. The number of likely N-dealkylation sites (tertiary alicyclic amines) is 1. The number of benzene rings is 1. The highest BCUT2D eigenvalue weighted by atomic mass is 16.5. The third-order valence-electron chi connectivity index (χ3n) is 5.13. The van der Waals surface area contributed by atoms with E-state index in [1.54, 1.807) is 13.3 Å². The predicted molar refractivity (Wildman–Crippen MR) is 103 cm³/mol. The first-order valence-corrected chi connectivity index (χ1v) is 9.15. The Morgan fingerprint density at radius 3 is 2.92 bits per heavy atom. The third-order valence-corrected chi connectivity index (χ3v) is 5.13. The molecule has 2 atom stereocenters. The summed E-state index contributed by atoms with van der Waals surface area (Å²) in [6, 6.07) is 12.0. The molecule has 0 unspecified atom stereocenters. The summed E-state index contributed by atoms with van der Waals surface area (Å²) in [6.45, 7) is 5.58. The molecule has 0 aliphatic carbocycles. The van der Waals surface area contributed by atoms with Crippen LogP contribution in [-0.4, -0.2) is 42.2 Å². The standard InChI is InChI=1S/C21H27N3O2/c1-15-7-8-17(12-18-6-4-5-10-22-18)13-19(15)23-21(25)24-11-9-16(2)20(14-24)26-3/h4-8,10,13,16,20H,9,11-12,14H2,1-3H3,(H,23,25)/t16-,20-/m1/s1. The van der Waals surface area contributed by atoms with Crippen LogP contribution in [0.1, 0.15) is 30.2 Å². The molecule has 26 heavy (non-hydrogen) atoms. The van der Waals surface area contributed by atoms with Crippen LogP contribution in [0.15, 0.2) is 42.6 Å². The number of carbonyl (C=O) groups is 1. The average molecular weight is 353 g/mol. The predicted octanol–water partition coefficient (Wildman–Crippen LogP) is 3.87. The van der Waals surface area contributed by atoms with E-state index in [-0.39, 0.29) is 12.1 Å². The van der Waals surface area contributed by atoms with Gasteiger partial charge in [-0.3, -0.25) is 4.98 Å². The molecule has 2 heterocycles. The zero-order chi connectivity index (χ0) is 18.5. The highest BCUT2D eigenvalue weighted by molar-refractivity contribution is 5.90. The Bertz CT molecular complexity index is 748. The number of amides is 2. The Labute approximate surface area is 155 Å².